The Morgan fingerprint density at radius 2 is 1.83 bits per heavy atom. The van der Waals surface area contributed by atoms with Crippen molar-refractivity contribution in [2.45, 2.75) is 6.92 Å². The Morgan fingerprint density at radius 1 is 1.07 bits per heavy atom. The molecule has 2 aromatic carbocycles. The van der Waals surface area contributed by atoms with Crippen LogP contribution in [0.15, 0.2) is 53.0 Å². The number of aromatic amines is 1. The molecule has 3 aromatic rings. The number of amides is 2. The van der Waals surface area contributed by atoms with Gasteiger partial charge in [0.25, 0.3) is 5.91 Å². The van der Waals surface area contributed by atoms with Crippen LogP contribution in [-0.4, -0.2) is 59.3 Å². The van der Waals surface area contributed by atoms with Crippen molar-refractivity contribution in [3.63, 3.8) is 0 Å². The minimum absolute atomic E-state index is 0.00985. The van der Waals surface area contributed by atoms with E-state index in [9.17, 15) is 9.59 Å². The Kier molecular flexibility index (Phi) is 5.69. The lowest BCUT2D eigenvalue weighted by molar-refractivity contribution is -0.117. The zero-order valence-corrected chi connectivity index (χ0v) is 17.8. The molecular formula is C22H23BrN4O2. The minimum atomic E-state index is -0.0397. The number of nitrogens with one attached hydrogen (secondary N) is 2. The molecule has 0 radical (unpaired) electrons. The van der Waals surface area contributed by atoms with Crippen molar-refractivity contribution in [3.8, 4) is 0 Å². The predicted molar refractivity (Wildman–Crippen MR) is 118 cm³/mol. The zero-order chi connectivity index (χ0) is 20.4. The molecule has 150 valence electrons. The third-order valence-electron chi connectivity index (χ3n) is 5.23. The third kappa shape index (κ3) is 4.52. The topological polar surface area (TPSA) is 68.4 Å². The normalized spacial score (nSPS) is 14.9. The molecule has 0 aliphatic carbocycles. The summed E-state index contributed by atoms with van der Waals surface area (Å²) in [6.45, 7) is 4.89. The summed E-state index contributed by atoms with van der Waals surface area (Å²) < 4.78 is 1.02. The Morgan fingerprint density at radius 3 is 2.55 bits per heavy atom. The van der Waals surface area contributed by atoms with E-state index in [1.165, 1.54) is 0 Å². The molecule has 1 aliphatic rings. The largest absolute Gasteiger partial charge is 0.351 e. The first-order chi connectivity index (χ1) is 14.0. The van der Waals surface area contributed by atoms with Crippen molar-refractivity contribution in [2.75, 3.05) is 38.0 Å². The third-order valence-corrected chi connectivity index (χ3v) is 6.12. The number of hydrogen-bond acceptors (Lipinski definition) is 3. The second-order valence-electron chi connectivity index (χ2n) is 7.35. The number of carbonyl (C=O) groups is 2. The van der Waals surface area contributed by atoms with Gasteiger partial charge in [-0.2, -0.15) is 0 Å². The van der Waals surface area contributed by atoms with Gasteiger partial charge in [0.2, 0.25) is 5.91 Å². The van der Waals surface area contributed by atoms with Gasteiger partial charge in [0.15, 0.2) is 0 Å². The van der Waals surface area contributed by atoms with E-state index in [0.29, 0.717) is 38.4 Å². The molecule has 0 saturated carbocycles. The number of carbonyl (C=O) groups excluding carboxylic acids is 2. The highest BCUT2D eigenvalue weighted by atomic mass is 79.9. The van der Waals surface area contributed by atoms with Gasteiger partial charge in [-0.3, -0.25) is 14.5 Å². The van der Waals surface area contributed by atoms with Gasteiger partial charge in [0.1, 0.15) is 5.69 Å². The lowest BCUT2D eigenvalue weighted by Crippen LogP contribution is -2.50. The number of nitrogens with zero attached hydrogens (tertiary/aromatic N) is 2. The Bertz CT molecular complexity index is 1020. The Balaban J connectivity index is 1.30. The lowest BCUT2D eigenvalue weighted by atomic mass is 10.2. The molecule has 7 heteroatoms. The highest BCUT2D eigenvalue weighted by Gasteiger charge is 2.24. The van der Waals surface area contributed by atoms with Crippen molar-refractivity contribution in [3.05, 3.63) is 64.3 Å². The number of fused-ring (bicyclic) bond motifs is 1. The maximum atomic E-state index is 12.8. The number of halogens is 1. The molecule has 2 N–H and O–H groups in total. The van der Waals surface area contributed by atoms with Crippen LogP contribution in [0.5, 0.6) is 0 Å². The molecule has 1 saturated heterocycles. The average molecular weight is 455 g/mol. The number of anilines is 1. The van der Waals surface area contributed by atoms with Crippen LogP contribution >= 0.6 is 15.9 Å². The van der Waals surface area contributed by atoms with Crippen molar-refractivity contribution in [2.24, 2.45) is 0 Å². The fourth-order valence-corrected chi connectivity index (χ4v) is 3.84. The maximum Gasteiger partial charge on any atom is 0.270 e. The summed E-state index contributed by atoms with van der Waals surface area (Å²) in [5.74, 6) is -0.0299. The number of aromatic nitrogens is 1. The number of para-hydroxylation sites is 1. The number of benzene rings is 2. The van der Waals surface area contributed by atoms with Crippen molar-refractivity contribution in [1.82, 2.24) is 14.8 Å². The molecule has 6 nitrogen and oxygen atoms in total. The molecule has 0 bridgehead atoms. The summed E-state index contributed by atoms with van der Waals surface area (Å²) >= 11 is 3.46. The van der Waals surface area contributed by atoms with E-state index in [2.05, 4.69) is 31.1 Å². The lowest BCUT2D eigenvalue weighted by Gasteiger charge is -2.34. The van der Waals surface area contributed by atoms with E-state index in [1.807, 2.05) is 60.4 Å². The van der Waals surface area contributed by atoms with Gasteiger partial charge in [-0.15, -0.1) is 0 Å². The van der Waals surface area contributed by atoms with Gasteiger partial charge in [0.05, 0.1) is 6.54 Å². The molecule has 1 aromatic heterocycles. The number of aryl methyl sites for hydroxylation is 1. The summed E-state index contributed by atoms with van der Waals surface area (Å²) in [6, 6.07) is 15.5. The Hall–Kier alpha value is -2.64. The first-order valence-electron chi connectivity index (χ1n) is 9.65. The molecule has 1 aliphatic heterocycles. The van der Waals surface area contributed by atoms with E-state index in [-0.39, 0.29) is 11.8 Å². The van der Waals surface area contributed by atoms with Crippen LogP contribution in [-0.2, 0) is 4.79 Å². The molecule has 2 heterocycles. The smallest absolute Gasteiger partial charge is 0.270 e. The van der Waals surface area contributed by atoms with Gasteiger partial charge in [-0.1, -0.05) is 34.1 Å². The highest BCUT2D eigenvalue weighted by molar-refractivity contribution is 9.10. The highest BCUT2D eigenvalue weighted by Crippen LogP contribution is 2.20. The van der Waals surface area contributed by atoms with E-state index in [1.54, 1.807) is 0 Å². The summed E-state index contributed by atoms with van der Waals surface area (Å²) in [6.07, 6.45) is 0. The van der Waals surface area contributed by atoms with Crippen molar-refractivity contribution >= 4 is 44.3 Å². The molecule has 0 unspecified atom stereocenters. The van der Waals surface area contributed by atoms with Gasteiger partial charge in [0, 0.05) is 47.2 Å². The van der Waals surface area contributed by atoms with Gasteiger partial charge in [-0.05, 0) is 42.8 Å². The van der Waals surface area contributed by atoms with Crippen LogP contribution in [0, 0.1) is 6.92 Å². The van der Waals surface area contributed by atoms with E-state index >= 15 is 0 Å². The van der Waals surface area contributed by atoms with E-state index in [0.717, 1.165) is 26.6 Å². The molecule has 4 rings (SSSR count). The minimum Gasteiger partial charge on any atom is -0.351 e. The average Bonchev–Trinajstić information content (AvgIpc) is 3.15. The number of hydrogen-bond donors (Lipinski definition) is 2. The monoisotopic (exact) mass is 454 g/mol. The molecular weight excluding hydrogens is 432 g/mol. The standard InChI is InChI=1S/C22H23BrN4O2/c1-15-12-17(6-7-18(15)23)24-21(28)14-26-8-10-27(11-9-26)22(29)20-13-16-4-2-3-5-19(16)25-20/h2-7,12-13,25H,8-11,14H2,1H3,(H,24,28). The second kappa shape index (κ2) is 8.39. The van der Waals surface area contributed by atoms with Crippen LogP contribution in [0.3, 0.4) is 0 Å². The molecule has 2 amide bonds. The SMILES string of the molecule is Cc1cc(NC(=O)CN2CCN(C(=O)c3cc4ccccc4[nH]3)CC2)ccc1Br. The molecule has 0 spiro atoms. The molecule has 29 heavy (non-hydrogen) atoms. The van der Waals surface area contributed by atoms with Gasteiger partial charge < -0.3 is 15.2 Å². The van der Waals surface area contributed by atoms with Crippen LogP contribution in [0.4, 0.5) is 5.69 Å². The van der Waals surface area contributed by atoms with Crippen LogP contribution in [0.2, 0.25) is 0 Å². The van der Waals surface area contributed by atoms with Crippen LogP contribution < -0.4 is 5.32 Å². The number of rotatable bonds is 4. The summed E-state index contributed by atoms with van der Waals surface area (Å²) in [4.78, 5) is 32.3. The summed E-state index contributed by atoms with van der Waals surface area (Å²) in [7, 11) is 0. The van der Waals surface area contributed by atoms with Crippen LogP contribution in [0.25, 0.3) is 10.9 Å². The van der Waals surface area contributed by atoms with Gasteiger partial charge in [-0.25, -0.2) is 0 Å². The van der Waals surface area contributed by atoms with Gasteiger partial charge >= 0.3 is 0 Å². The fraction of sp³-hybridized carbons (Fsp3) is 0.273. The van der Waals surface area contributed by atoms with Crippen molar-refractivity contribution in [1.29, 1.82) is 0 Å². The second-order valence-corrected chi connectivity index (χ2v) is 8.21. The summed E-state index contributed by atoms with van der Waals surface area (Å²) in [5.41, 5.74) is 3.45. The number of H-pyrrole nitrogens is 1. The van der Waals surface area contributed by atoms with Crippen LogP contribution in [0.1, 0.15) is 16.1 Å². The van der Waals surface area contributed by atoms with E-state index < -0.39 is 0 Å². The maximum absolute atomic E-state index is 12.8. The molecule has 1 fully saturated rings. The quantitative estimate of drug-likeness (QED) is 0.632. The zero-order valence-electron chi connectivity index (χ0n) is 16.2. The fourth-order valence-electron chi connectivity index (χ4n) is 3.59. The number of piperazine rings is 1. The Labute approximate surface area is 178 Å². The summed E-state index contributed by atoms with van der Waals surface area (Å²) in [5, 5.41) is 3.98. The first kappa shape index (κ1) is 19.7. The van der Waals surface area contributed by atoms with E-state index in [4.69, 9.17) is 0 Å². The first-order valence-corrected chi connectivity index (χ1v) is 10.4. The van der Waals surface area contributed by atoms with Crippen molar-refractivity contribution < 1.29 is 9.59 Å². The predicted octanol–water partition coefficient (Wildman–Crippen LogP) is 3.64. The molecule has 0 atom stereocenters.